The van der Waals surface area contributed by atoms with Crippen LogP contribution in [0.5, 0.6) is 0 Å². The van der Waals surface area contributed by atoms with E-state index >= 15 is 0 Å². The first kappa shape index (κ1) is 74.2. The number of hydrogen-bond acceptors (Lipinski definition) is 14. The predicted octanol–water partition coefficient (Wildman–Crippen LogP) is 8.87. The zero-order chi connectivity index (χ0) is 69.1. The summed E-state index contributed by atoms with van der Waals surface area (Å²) < 4.78 is 184. The lowest BCUT2D eigenvalue weighted by atomic mass is 10.1. The number of benzene rings is 7. The lowest BCUT2D eigenvalue weighted by Crippen LogP contribution is -2.46. The molecule has 0 spiro atoms. The second kappa shape index (κ2) is 32.3. The van der Waals surface area contributed by atoms with Gasteiger partial charge in [0, 0.05) is 91.6 Å². The van der Waals surface area contributed by atoms with Crippen LogP contribution in [-0.4, -0.2) is 191 Å². The van der Waals surface area contributed by atoms with Gasteiger partial charge in [0.05, 0.1) is 29.4 Å². The van der Waals surface area contributed by atoms with Crippen molar-refractivity contribution in [2.75, 3.05) is 105 Å². The van der Waals surface area contributed by atoms with Crippen molar-refractivity contribution in [2.45, 2.75) is 110 Å². The van der Waals surface area contributed by atoms with E-state index in [1.807, 2.05) is 59.7 Å². The minimum atomic E-state index is -4.27. The molecule has 26 heteroatoms. The molecule has 0 unspecified atom stereocenters. The van der Waals surface area contributed by atoms with Gasteiger partial charge in [-0.2, -0.15) is 25.8 Å². The standard InChI is InChI=1S/C70H90N8O12S6/c1-57-14-26-65(27-15-57)91(79,80)73-42-8-38-71(39-9-43-74(92(81,82)66-28-16-58(2)17-29-66)47-51-77(50-46-73)95(87,88)69-34-22-61(5)23-35-69)55-63-12-7-13-64(54-63)56-72-40-10-44-75(93(83,84)67-30-18-59(3)19-31-67)48-52-78(96(89,90)70-36-24-62(6)25-37-70)53-49-76(45-11-41-72)94(85,86)68-32-20-60(4)21-33-68/h7,12-37,54H,8-11,38-53,55-56H2,1-6H3. The van der Waals surface area contributed by atoms with Gasteiger partial charge in [-0.3, -0.25) is 9.80 Å². The van der Waals surface area contributed by atoms with Crippen LogP contribution < -0.4 is 0 Å². The summed E-state index contributed by atoms with van der Waals surface area (Å²) >= 11 is 0. The highest BCUT2D eigenvalue weighted by molar-refractivity contribution is 7.90. The summed E-state index contributed by atoms with van der Waals surface area (Å²) in [6.45, 7) is 11.7. The van der Waals surface area contributed by atoms with Gasteiger partial charge in [0.25, 0.3) is 0 Å². The molecule has 2 fully saturated rings. The van der Waals surface area contributed by atoms with Crippen molar-refractivity contribution in [2.24, 2.45) is 0 Å². The van der Waals surface area contributed by atoms with Crippen LogP contribution in [0.2, 0.25) is 0 Å². The number of rotatable bonds is 16. The minimum Gasteiger partial charge on any atom is -0.299 e. The molecule has 9 rings (SSSR count). The third kappa shape index (κ3) is 18.8. The SMILES string of the molecule is Cc1ccc(S(=O)(=O)N2CCCN(Cc3cccc(CN4CCCN(S(=O)(=O)c5ccc(C)cc5)CCN(S(=O)(=O)c5ccc(C)cc5)CCN(S(=O)(=O)c5ccc(C)cc5)CCC4)c3)CCCN(S(=O)(=O)c3ccc(C)cc3)CCN(S(=O)(=O)c3ccc(C)cc3)CC2)cc1. The fourth-order valence-electron chi connectivity index (χ4n) is 11.9. The van der Waals surface area contributed by atoms with Crippen LogP contribution in [0.25, 0.3) is 0 Å². The molecular formula is C70H90N8O12S6. The average Bonchev–Trinajstić information content (AvgIpc) is 0.825. The summed E-state index contributed by atoms with van der Waals surface area (Å²) in [5.74, 6) is 0. The van der Waals surface area contributed by atoms with E-state index in [-0.39, 0.29) is 108 Å². The molecule has 2 aliphatic rings. The molecule has 0 radical (unpaired) electrons. The van der Waals surface area contributed by atoms with Crippen LogP contribution in [0.4, 0.5) is 0 Å². The number of nitrogens with zero attached hydrogens (tertiary/aromatic N) is 8. The Morgan fingerprint density at radius 1 is 0.229 bits per heavy atom. The van der Waals surface area contributed by atoms with Gasteiger partial charge in [0.2, 0.25) is 60.1 Å². The van der Waals surface area contributed by atoms with Crippen molar-refractivity contribution in [1.29, 1.82) is 0 Å². The molecule has 96 heavy (non-hydrogen) atoms. The van der Waals surface area contributed by atoms with E-state index < -0.39 is 60.1 Å². The molecule has 0 aromatic heterocycles. The van der Waals surface area contributed by atoms with Crippen molar-refractivity contribution in [1.82, 2.24) is 35.6 Å². The van der Waals surface area contributed by atoms with Crippen molar-refractivity contribution in [3.63, 3.8) is 0 Å². The zero-order valence-corrected chi connectivity index (χ0v) is 60.5. The Labute approximate surface area is 571 Å². The highest BCUT2D eigenvalue weighted by Crippen LogP contribution is 2.27. The summed E-state index contributed by atoms with van der Waals surface area (Å²) in [5, 5.41) is 0. The van der Waals surface area contributed by atoms with E-state index in [1.165, 1.54) is 50.1 Å². The maximum absolute atomic E-state index is 14.7. The van der Waals surface area contributed by atoms with E-state index in [4.69, 9.17) is 0 Å². The maximum atomic E-state index is 14.7. The van der Waals surface area contributed by atoms with Crippen LogP contribution in [0, 0.1) is 41.5 Å². The van der Waals surface area contributed by atoms with Crippen LogP contribution in [0.15, 0.2) is 199 Å². The summed E-state index contributed by atoms with van der Waals surface area (Å²) in [7, 11) is -25.3. The Morgan fingerprint density at radius 2 is 0.396 bits per heavy atom. The molecule has 2 heterocycles. The number of hydrogen-bond donors (Lipinski definition) is 0. The molecule has 2 aliphatic heterocycles. The summed E-state index contributed by atoms with van der Waals surface area (Å²) in [6, 6.07) is 46.8. The van der Waals surface area contributed by atoms with Crippen LogP contribution >= 0.6 is 0 Å². The fraction of sp³-hybridized carbons (Fsp3) is 0.400. The second-order valence-corrected chi connectivity index (χ2v) is 36.7. The summed E-state index contributed by atoms with van der Waals surface area (Å²) in [4.78, 5) is 4.58. The first-order chi connectivity index (χ1) is 45.5. The summed E-state index contributed by atoms with van der Waals surface area (Å²) in [5.41, 5.74) is 6.96. The molecule has 7 aromatic rings. The minimum absolute atomic E-state index is 0.000550. The quantitative estimate of drug-likeness (QED) is 0.0880. The van der Waals surface area contributed by atoms with E-state index in [0.717, 1.165) is 44.5 Å². The molecule has 0 saturated carbocycles. The van der Waals surface area contributed by atoms with E-state index in [0.29, 0.717) is 65.0 Å². The van der Waals surface area contributed by atoms with Crippen molar-refractivity contribution in [3.8, 4) is 0 Å². The van der Waals surface area contributed by atoms with Gasteiger partial charge in [-0.05, 0) is 177 Å². The molecule has 518 valence electrons. The lowest BCUT2D eigenvalue weighted by Gasteiger charge is -2.32. The molecule has 0 bridgehead atoms. The molecule has 0 N–H and O–H groups in total. The van der Waals surface area contributed by atoms with Gasteiger partial charge in [-0.1, -0.05) is 130 Å². The molecule has 0 amide bonds. The van der Waals surface area contributed by atoms with Gasteiger partial charge < -0.3 is 0 Å². The van der Waals surface area contributed by atoms with Crippen LogP contribution in [0.3, 0.4) is 0 Å². The Morgan fingerprint density at radius 3 is 0.573 bits per heavy atom. The van der Waals surface area contributed by atoms with Gasteiger partial charge in [-0.15, -0.1) is 0 Å². The highest BCUT2D eigenvalue weighted by Gasteiger charge is 2.35. The van der Waals surface area contributed by atoms with Crippen LogP contribution in [0.1, 0.15) is 70.2 Å². The number of sulfonamides is 6. The zero-order valence-electron chi connectivity index (χ0n) is 55.6. The van der Waals surface area contributed by atoms with Gasteiger partial charge in [0.1, 0.15) is 0 Å². The molecular weight excluding hydrogens is 1340 g/mol. The van der Waals surface area contributed by atoms with Gasteiger partial charge in [0.15, 0.2) is 0 Å². The van der Waals surface area contributed by atoms with Crippen molar-refractivity contribution >= 4 is 60.1 Å². The smallest absolute Gasteiger partial charge is 0.243 e. The number of aryl methyl sites for hydroxylation is 6. The first-order valence-electron chi connectivity index (χ1n) is 32.5. The molecule has 7 aromatic carbocycles. The first-order valence-corrected chi connectivity index (χ1v) is 41.1. The van der Waals surface area contributed by atoms with E-state index in [1.54, 1.807) is 121 Å². The largest absolute Gasteiger partial charge is 0.299 e. The van der Waals surface area contributed by atoms with Crippen LogP contribution in [-0.2, 0) is 73.2 Å². The Bertz CT molecular complexity index is 3990. The molecule has 0 atom stereocenters. The third-order valence-electron chi connectivity index (χ3n) is 17.7. The predicted molar refractivity (Wildman–Crippen MR) is 375 cm³/mol. The molecule has 20 nitrogen and oxygen atoms in total. The lowest BCUT2D eigenvalue weighted by molar-refractivity contribution is 0.228. The topological polar surface area (TPSA) is 231 Å². The third-order valence-corrected chi connectivity index (χ3v) is 29.2. The Kier molecular flexibility index (Phi) is 24.9. The maximum Gasteiger partial charge on any atom is 0.243 e. The molecule has 0 aliphatic carbocycles. The van der Waals surface area contributed by atoms with Gasteiger partial charge in [-0.25, -0.2) is 50.5 Å². The fourth-order valence-corrected chi connectivity index (χ4v) is 20.6. The average molecular weight is 1430 g/mol. The monoisotopic (exact) mass is 1430 g/mol. The van der Waals surface area contributed by atoms with Gasteiger partial charge >= 0.3 is 0 Å². The van der Waals surface area contributed by atoms with E-state index in [2.05, 4.69) is 15.9 Å². The Hall–Kier alpha value is -6.08. The Balaban J connectivity index is 1.01. The second-order valence-electron chi connectivity index (χ2n) is 25.1. The van der Waals surface area contributed by atoms with E-state index in [9.17, 15) is 50.5 Å². The van der Waals surface area contributed by atoms with Crippen molar-refractivity contribution < 1.29 is 50.5 Å². The normalized spacial score (nSPS) is 18.1. The van der Waals surface area contributed by atoms with Crippen molar-refractivity contribution in [3.05, 3.63) is 214 Å². The summed E-state index contributed by atoms with van der Waals surface area (Å²) in [6.07, 6.45) is 1.34. The molecule has 2 saturated heterocycles. The highest BCUT2D eigenvalue weighted by atomic mass is 32.2.